The van der Waals surface area contributed by atoms with Crippen molar-refractivity contribution in [2.24, 2.45) is 0 Å². The van der Waals surface area contributed by atoms with Gasteiger partial charge in [-0.15, -0.1) is 28.5 Å². The SMILES string of the molecule is C=CCn1ccnc1NC1C(=O)N2C(C(=O)O)=C(CSc3nncs3)CS[C@@H]12. The number of aromatic nitrogens is 4. The summed E-state index contributed by atoms with van der Waals surface area (Å²) >= 11 is 4.38. The summed E-state index contributed by atoms with van der Waals surface area (Å²) < 4.78 is 2.61. The molecule has 0 aromatic carbocycles. The highest BCUT2D eigenvalue weighted by Gasteiger charge is 2.53. The third-order valence-electron chi connectivity index (χ3n) is 4.29. The summed E-state index contributed by atoms with van der Waals surface area (Å²) in [7, 11) is 0. The summed E-state index contributed by atoms with van der Waals surface area (Å²) in [5, 5.41) is 20.3. The van der Waals surface area contributed by atoms with Crippen LogP contribution in [-0.4, -0.2) is 64.6 Å². The molecule has 1 saturated heterocycles. The molecular weight excluding hydrogens is 420 g/mol. The molecule has 28 heavy (non-hydrogen) atoms. The molecule has 146 valence electrons. The molecule has 2 aliphatic rings. The number of β-lactam (4-membered cyclic amide) rings is 1. The number of nitrogens with zero attached hydrogens (tertiary/aromatic N) is 5. The summed E-state index contributed by atoms with van der Waals surface area (Å²) in [4.78, 5) is 30.3. The fourth-order valence-corrected chi connectivity index (χ4v) is 6.02. The Labute approximate surface area is 172 Å². The minimum atomic E-state index is -1.09. The van der Waals surface area contributed by atoms with Gasteiger partial charge in [-0.25, -0.2) is 9.78 Å². The van der Waals surface area contributed by atoms with E-state index in [0.29, 0.717) is 29.6 Å². The molecule has 2 aliphatic heterocycles. The predicted molar refractivity (Wildman–Crippen MR) is 108 cm³/mol. The van der Waals surface area contributed by atoms with Crippen molar-refractivity contribution in [1.29, 1.82) is 0 Å². The van der Waals surface area contributed by atoms with E-state index in [1.807, 2.05) is 4.57 Å². The monoisotopic (exact) mass is 436 g/mol. The molecule has 2 N–H and O–H groups in total. The number of carboxylic acids is 1. The number of thioether (sulfide) groups is 2. The van der Waals surface area contributed by atoms with Crippen LogP contribution in [0.25, 0.3) is 0 Å². The molecule has 0 aliphatic carbocycles. The second kappa shape index (κ2) is 7.97. The molecule has 1 fully saturated rings. The highest BCUT2D eigenvalue weighted by molar-refractivity contribution is 8.01. The van der Waals surface area contributed by atoms with Crippen LogP contribution in [-0.2, 0) is 16.1 Å². The van der Waals surface area contributed by atoms with Gasteiger partial charge in [0.15, 0.2) is 4.34 Å². The lowest BCUT2D eigenvalue weighted by Gasteiger charge is -2.49. The molecule has 9 nitrogen and oxygen atoms in total. The lowest BCUT2D eigenvalue weighted by Crippen LogP contribution is -2.67. The Hall–Kier alpha value is -2.31. The highest BCUT2D eigenvalue weighted by atomic mass is 32.2. The van der Waals surface area contributed by atoms with Gasteiger partial charge in [0.05, 0.1) is 0 Å². The zero-order valence-corrected chi connectivity index (χ0v) is 17.0. The second-order valence-electron chi connectivity index (χ2n) is 5.97. The molecule has 0 saturated carbocycles. The van der Waals surface area contributed by atoms with Gasteiger partial charge in [0.2, 0.25) is 5.95 Å². The summed E-state index contributed by atoms with van der Waals surface area (Å²) in [6.07, 6.45) is 5.18. The van der Waals surface area contributed by atoms with Gasteiger partial charge >= 0.3 is 5.97 Å². The molecule has 4 heterocycles. The standard InChI is InChI=1S/C16H16N6O3S3/c1-2-4-21-5-3-17-15(21)19-10-12(23)22-11(14(24)25)9(6-26-13(10)22)7-27-16-20-18-8-28-16/h2-3,5,8,10,13H,1,4,6-7H2,(H,17,19)(H,24,25)/t10?,13-/m0/s1. The number of fused-ring (bicyclic) bond motifs is 1. The first-order valence-electron chi connectivity index (χ1n) is 8.27. The number of amides is 1. The molecule has 2 aromatic heterocycles. The van der Waals surface area contributed by atoms with E-state index < -0.39 is 12.0 Å². The quantitative estimate of drug-likeness (QED) is 0.363. The molecule has 12 heteroatoms. The Morgan fingerprint density at radius 2 is 2.39 bits per heavy atom. The Balaban J connectivity index is 1.51. The zero-order valence-electron chi connectivity index (χ0n) is 14.5. The van der Waals surface area contributed by atoms with Crippen LogP contribution in [0.2, 0.25) is 0 Å². The second-order valence-corrected chi connectivity index (χ2v) is 9.14. The van der Waals surface area contributed by atoms with Crippen LogP contribution in [0.1, 0.15) is 0 Å². The Bertz CT molecular complexity index is 941. The topological polar surface area (TPSA) is 113 Å². The van der Waals surface area contributed by atoms with Crippen molar-refractivity contribution >= 4 is 52.7 Å². The van der Waals surface area contributed by atoms with Crippen molar-refractivity contribution in [3.8, 4) is 0 Å². The number of hydrogen-bond donors (Lipinski definition) is 2. The van der Waals surface area contributed by atoms with Gasteiger partial charge in [-0.3, -0.25) is 9.69 Å². The normalized spacial score (nSPS) is 21.3. The van der Waals surface area contributed by atoms with E-state index in [2.05, 4.69) is 27.1 Å². The maximum atomic E-state index is 12.8. The fraction of sp³-hybridized carbons (Fsp3) is 0.312. The largest absolute Gasteiger partial charge is 0.477 e. The first-order chi connectivity index (χ1) is 13.6. The molecule has 0 spiro atoms. The van der Waals surface area contributed by atoms with Crippen LogP contribution < -0.4 is 5.32 Å². The number of rotatable bonds is 8. The third kappa shape index (κ3) is 3.42. The Kier molecular flexibility index (Phi) is 5.42. The lowest BCUT2D eigenvalue weighted by atomic mass is 10.0. The van der Waals surface area contributed by atoms with E-state index in [4.69, 9.17) is 0 Å². The fourth-order valence-electron chi connectivity index (χ4n) is 3.04. The Morgan fingerprint density at radius 3 is 3.11 bits per heavy atom. The lowest BCUT2D eigenvalue weighted by molar-refractivity contribution is -0.147. The summed E-state index contributed by atoms with van der Waals surface area (Å²) in [6, 6.07) is -0.511. The smallest absolute Gasteiger partial charge is 0.352 e. The van der Waals surface area contributed by atoms with Crippen molar-refractivity contribution in [1.82, 2.24) is 24.6 Å². The van der Waals surface area contributed by atoms with Crippen LogP contribution in [0.5, 0.6) is 0 Å². The predicted octanol–water partition coefficient (Wildman–Crippen LogP) is 1.75. The molecule has 2 atom stereocenters. The van der Waals surface area contributed by atoms with E-state index in [1.165, 1.54) is 28.0 Å². The number of nitrogens with one attached hydrogen (secondary N) is 1. The van der Waals surface area contributed by atoms with Gasteiger partial charge < -0.3 is 15.0 Å². The van der Waals surface area contributed by atoms with Crippen molar-refractivity contribution in [2.45, 2.75) is 22.3 Å². The zero-order chi connectivity index (χ0) is 19.7. The molecule has 1 unspecified atom stereocenters. The van der Waals surface area contributed by atoms with Crippen molar-refractivity contribution in [2.75, 3.05) is 16.8 Å². The van der Waals surface area contributed by atoms with E-state index in [1.54, 1.807) is 35.7 Å². The maximum Gasteiger partial charge on any atom is 0.352 e. The van der Waals surface area contributed by atoms with E-state index in [0.717, 1.165) is 4.34 Å². The van der Waals surface area contributed by atoms with Crippen molar-refractivity contribution in [3.05, 3.63) is 41.8 Å². The summed E-state index contributed by atoms with van der Waals surface area (Å²) in [5.41, 5.74) is 2.43. The van der Waals surface area contributed by atoms with Gasteiger partial charge in [-0.05, 0) is 5.57 Å². The van der Waals surface area contributed by atoms with Crippen molar-refractivity contribution in [3.63, 3.8) is 0 Å². The van der Waals surface area contributed by atoms with Crippen LogP contribution in [0, 0.1) is 0 Å². The number of hydrogen-bond acceptors (Lipinski definition) is 9. The third-order valence-corrected chi connectivity index (χ3v) is 7.57. The number of carbonyl (C=O) groups is 2. The van der Waals surface area contributed by atoms with Crippen molar-refractivity contribution < 1.29 is 14.7 Å². The van der Waals surface area contributed by atoms with Crippen LogP contribution >= 0.6 is 34.9 Å². The molecular formula is C16H16N6O3S3. The highest BCUT2D eigenvalue weighted by Crippen LogP contribution is 2.42. The summed E-state index contributed by atoms with van der Waals surface area (Å²) in [5.74, 6) is 0.222. The molecule has 0 radical (unpaired) electrons. The van der Waals surface area contributed by atoms with E-state index in [9.17, 15) is 14.7 Å². The van der Waals surface area contributed by atoms with Gasteiger partial charge in [-0.2, -0.15) is 0 Å². The minimum Gasteiger partial charge on any atom is -0.477 e. The van der Waals surface area contributed by atoms with Crippen LogP contribution in [0.15, 0.2) is 46.2 Å². The van der Waals surface area contributed by atoms with Gasteiger partial charge in [0.1, 0.15) is 22.6 Å². The molecule has 4 rings (SSSR count). The molecule has 0 bridgehead atoms. The molecule has 1 amide bonds. The van der Waals surface area contributed by atoms with Crippen LogP contribution in [0.3, 0.4) is 0 Å². The van der Waals surface area contributed by atoms with Gasteiger partial charge in [0.25, 0.3) is 5.91 Å². The average Bonchev–Trinajstić information content (AvgIpc) is 3.35. The van der Waals surface area contributed by atoms with Crippen LogP contribution in [0.4, 0.5) is 5.95 Å². The number of allylic oxidation sites excluding steroid dienone is 1. The van der Waals surface area contributed by atoms with E-state index >= 15 is 0 Å². The average molecular weight is 437 g/mol. The summed E-state index contributed by atoms with van der Waals surface area (Å²) in [6.45, 7) is 4.27. The minimum absolute atomic E-state index is 0.0817. The number of carboxylic acid groups (broad SMARTS) is 1. The molecule has 2 aromatic rings. The first kappa shape index (κ1) is 19.0. The number of imidazole rings is 1. The van der Waals surface area contributed by atoms with E-state index in [-0.39, 0.29) is 17.0 Å². The van der Waals surface area contributed by atoms with Gasteiger partial charge in [-0.1, -0.05) is 29.2 Å². The number of aliphatic carboxylic acids is 1. The number of carbonyl (C=O) groups excluding carboxylic acids is 1. The first-order valence-corrected chi connectivity index (χ1v) is 11.2. The Morgan fingerprint density at radius 1 is 1.54 bits per heavy atom. The van der Waals surface area contributed by atoms with Gasteiger partial charge in [0, 0.05) is 30.4 Å². The maximum absolute atomic E-state index is 12.8. The number of anilines is 1.